The first-order valence-corrected chi connectivity index (χ1v) is 5.57. The van der Waals surface area contributed by atoms with E-state index in [0.29, 0.717) is 6.54 Å². The lowest BCUT2D eigenvalue weighted by molar-refractivity contribution is -0.140. The molecule has 0 aliphatic carbocycles. The number of carboxylic acids is 1. The molecular formula is C13H16N2O3. The second kappa shape index (κ2) is 6.50. The molecule has 1 aromatic carbocycles. The van der Waals surface area contributed by atoms with E-state index in [0.717, 1.165) is 11.4 Å². The highest BCUT2D eigenvalue weighted by Gasteiger charge is 2.16. The molecule has 18 heavy (non-hydrogen) atoms. The topological polar surface area (TPSA) is 73.6 Å². The summed E-state index contributed by atoms with van der Waals surface area (Å²) in [5.41, 5.74) is 0.811. The lowest BCUT2D eigenvalue weighted by atomic mass is 10.1. The fourth-order valence-corrected chi connectivity index (χ4v) is 1.55. The molecule has 1 rings (SSSR count). The first kappa shape index (κ1) is 13.8. The van der Waals surface area contributed by atoms with E-state index in [2.05, 4.69) is 0 Å². The molecule has 5 heteroatoms. The molecule has 0 saturated carbocycles. The maximum absolute atomic E-state index is 10.8. The molecule has 0 amide bonds. The molecule has 96 valence electrons. The highest BCUT2D eigenvalue weighted by Crippen LogP contribution is 2.20. The summed E-state index contributed by atoms with van der Waals surface area (Å²) in [5.74, 6) is -0.672. The van der Waals surface area contributed by atoms with Crippen LogP contribution in [-0.2, 0) is 4.79 Å². The van der Waals surface area contributed by atoms with Gasteiger partial charge in [-0.2, -0.15) is 5.26 Å². The summed E-state index contributed by atoms with van der Waals surface area (Å²) in [4.78, 5) is 12.6. The van der Waals surface area contributed by atoms with E-state index in [9.17, 15) is 4.79 Å². The summed E-state index contributed by atoms with van der Waals surface area (Å²) in [6.45, 7) is 2.08. The van der Waals surface area contributed by atoms with Gasteiger partial charge in [-0.15, -0.1) is 0 Å². The largest absolute Gasteiger partial charge is 0.497 e. The van der Waals surface area contributed by atoms with Crippen LogP contribution in [0.4, 0.5) is 5.69 Å². The Morgan fingerprint density at radius 3 is 2.56 bits per heavy atom. The van der Waals surface area contributed by atoms with Crippen molar-refractivity contribution >= 4 is 11.7 Å². The number of benzene rings is 1. The highest BCUT2D eigenvalue weighted by molar-refractivity contribution is 5.70. The van der Waals surface area contributed by atoms with Gasteiger partial charge in [-0.25, -0.2) is 0 Å². The van der Waals surface area contributed by atoms with E-state index in [-0.39, 0.29) is 6.54 Å². The normalized spacial score (nSPS) is 11.4. The van der Waals surface area contributed by atoms with Gasteiger partial charge in [0.25, 0.3) is 0 Å². The smallest absolute Gasteiger partial charge is 0.308 e. The number of anilines is 1. The van der Waals surface area contributed by atoms with Crippen LogP contribution < -0.4 is 9.64 Å². The van der Waals surface area contributed by atoms with Crippen molar-refractivity contribution < 1.29 is 14.6 Å². The summed E-state index contributed by atoms with van der Waals surface area (Å²) in [5, 5.41) is 17.7. The zero-order valence-electron chi connectivity index (χ0n) is 10.5. The van der Waals surface area contributed by atoms with E-state index in [1.807, 2.05) is 18.2 Å². The second-order valence-electron chi connectivity index (χ2n) is 3.98. The van der Waals surface area contributed by atoms with E-state index in [4.69, 9.17) is 15.1 Å². The number of nitrogens with zero attached hydrogens (tertiary/aromatic N) is 2. The molecule has 0 heterocycles. The molecule has 0 spiro atoms. The maximum Gasteiger partial charge on any atom is 0.308 e. The fraction of sp³-hybridized carbons (Fsp3) is 0.385. The molecule has 0 radical (unpaired) electrons. The van der Waals surface area contributed by atoms with Crippen molar-refractivity contribution in [2.75, 3.05) is 25.1 Å². The Kier molecular flexibility index (Phi) is 5.00. The number of ether oxygens (including phenoxy) is 1. The van der Waals surface area contributed by atoms with Crippen LogP contribution in [0.5, 0.6) is 5.75 Å². The number of hydrogen-bond donors (Lipinski definition) is 1. The predicted octanol–water partition coefficient (Wildman–Crippen LogP) is 1.75. The Balaban J connectivity index is 2.83. The van der Waals surface area contributed by atoms with Crippen molar-refractivity contribution in [3.63, 3.8) is 0 Å². The Bertz CT molecular complexity index is 437. The van der Waals surface area contributed by atoms with Gasteiger partial charge in [0, 0.05) is 12.2 Å². The molecule has 0 saturated heterocycles. The lowest BCUT2D eigenvalue weighted by Gasteiger charge is -2.23. The fourth-order valence-electron chi connectivity index (χ4n) is 1.55. The van der Waals surface area contributed by atoms with Crippen LogP contribution in [0.3, 0.4) is 0 Å². The quantitative estimate of drug-likeness (QED) is 0.776. The van der Waals surface area contributed by atoms with Crippen LogP contribution in [-0.4, -0.2) is 31.3 Å². The Labute approximate surface area is 106 Å². The third kappa shape index (κ3) is 3.67. The minimum atomic E-state index is -0.869. The van der Waals surface area contributed by atoms with Crippen LogP contribution in [0.25, 0.3) is 0 Å². The number of methoxy groups -OCH3 is 1. The van der Waals surface area contributed by atoms with Gasteiger partial charge in [0.2, 0.25) is 0 Å². The monoisotopic (exact) mass is 248 g/mol. The molecule has 0 aliphatic rings. The second-order valence-corrected chi connectivity index (χ2v) is 3.98. The Morgan fingerprint density at radius 2 is 2.11 bits per heavy atom. The van der Waals surface area contributed by atoms with Gasteiger partial charge in [-0.05, 0) is 24.3 Å². The SMILES string of the molecule is COc1ccc(N(CC#N)CC(C)C(=O)O)cc1. The molecular weight excluding hydrogens is 232 g/mol. The number of nitriles is 1. The van der Waals surface area contributed by atoms with Crippen LogP contribution in [0, 0.1) is 17.2 Å². The maximum atomic E-state index is 10.8. The first-order chi connectivity index (χ1) is 8.58. The third-order valence-corrected chi connectivity index (χ3v) is 2.61. The molecule has 0 bridgehead atoms. The van der Waals surface area contributed by atoms with Crippen LogP contribution in [0.15, 0.2) is 24.3 Å². The minimum Gasteiger partial charge on any atom is -0.497 e. The van der Waals surface area contributed by atoms with Crippen LogP contribution >= 0.6 is 0 Å². The molecule has 0 aromatic heterocycles. The molecule has 1 N–H and O–H groups in total. The first-order valence-electron chi connectivity index (χ1n) is 5.57. The van der Waals surface area contributed by atoms with Gasteiger partial charge in [0.1, 0.15) is 12.3 Å². The molecule has 1 atom stereocenters. The Hall–Kier alpha value is -2.22. The van der Waals surface area contributed by atoms with Crippen molar-refractivity contribution in [2.45, 2.75) is 6.92 Å². The van der Waals surface area contributed by atoms with E-state index < -0.39 is 11.9 Å². The van der Waals surface area contributed by atoms with E-state index in [1.54, 1.807) is 31.1 Å². The van der Waals surface area contributed by atoms with Crippen molar-refractivity contribution in [2.24, 2.45) is 5.92 Å². The lowest BCUT2D eigenvalue weighted by Crippen LogP contribution is -2.32. The zero-order chi connectivity index (χ0) is 13.5. The molecule has 0 fully saturated rings. The Morgan fingerprint density at radius 1 is 1.50 bits per heavy atom. The van der Waals surface area contributed by atoms with E-state index in [1.165, 1.54) is 0 Å². The summed E-state index contributed by atoms with van der Waals surface area (Å²) >= 11 is 0. The van der Waals surface area contributed by atoms with Crippen molar-refractivity contribution in [1.82, 2.24) is 0 Å². The van der Waals surface area contributed by atoms with Gasteiger partial charge in [0.05, 0.1) is 19.1 Å². The summed E-state index contributed by atoms with van der Waals surface area (Å²) in [6.07, 6.45) is 0. The third-order valence-electron chi connectivity index (χ3n) is 2.61. The summed E-state index contributed by atoms with van der Waals surface area (Å²) in [6, 6.07) is 9.23. The molecule has 1 unspecified atom stereocenters. The van der Waals surface area contributed by atoms with Crippen molar-refractivity contribution in [1.29, 1.82) is 5.26 Å². The minimum absolute atomic E-state index is 0.157. The summed E-state index contributed by atoms with van der Waals surface area (Å²) < 4.78 is 5.05. The van der Waals surface area contributed by atoms with Gasteiger partial charge in [-0.1, -0.05) is 6.92 Å². The molecule has 1 aromatic rings. The van der Waals surface area contributed by atoms with Crippen LogP contribution in [0.1, 0.15) is 6.92 Å². The van der Waals surface area contributed by atoms with E-state index >= 15 is 0 Å². The molecule has 5 nitrogen and oxygen atoms in total. The number of carboxylic acid groups (broad SMARTS) is 1. The zero-order valence-corrected chi connectivity index (χ0v) is 10.5. The number of carbonyl (C=O) groups is 1. The van der Waals surface area contributed by atoms with Gasteiger partial charge >= 0.3 is 5.97 Å². The molecule has 0 aliphatic heterocycles. The standard InChI is InChI=1S/C13H16N2O3/c1-10(13(16)17)9-15(8-7-14)11-3-5-12(18-2)6-4-11/h3-6,10H,8-9H2,1-2H3,(H,16,17). The van der Waals surface area contributed by atoms with Gasteiger partial charge in [-0.3, -0.25) is 4.79 Å². The van der Waals surface area contributed by atoms with Gasteiger partial charge in [0.15, 0.2) is 0 Å². The number of aliphatic carboxylic acids is 1. The predicted molar refractivity (Wildman–Crippen MR) is 67.6 cm³/mol. The average Bonchev–Trinajstić information content (AvgIpc) is 2.38. The van der Waals surface area contributed by atoms with Crippen molar-refractivity contribution in [3.05, 3.63) is 24.3 Å². The van der Waals surface area contributed by atoms with Crippen molar-refractivity contribution in [3.8, 4) is 11.8 Å². The highest BCUT2D eigenvalue weighted by atomic mass is 16.5. The average molecular weight is 248 g/mol. The number of rotatable bonds is 6. The number of hydrogen-bond acceptors (Lipinski definition) is 4. The summed E-state index contributed by atoms with van der Waals surface area (Å²) in [7, 11) is 1.58. The van der Waals surface area contributed by atoms with Gasteiger partial charge < -0.3 is 14.7 Å². The van der Waals surface area contributed by atoms with Crippen LogP contribution in [0.2, 0.25) is 0 Å².